The van der Waals surface area contributed by atoms with Crippen LogP contribution in [0.15, 0.2) is 35.3 Å². The molecule has 0 aliphatic heterocycles. The molecule has 0 radical (unpaired) electrons. The predicted molar refractivity (Wildman–Crippen MR) is 65.6 cm³/mol. The van der Waals surface area contributed by atoms with Gasteiger partial charge in [0.2, 0.25) is 0 Å². The van der Waals surface area contributed by atoms with E-state index in [1.165, 1.54) is 16.7 Å². The molecule has 0 aliphatic rings. The maximum absolute atomic E-state index is 6.37. The highest BCUT2D eigenvalue weighted by atomic mass is 35.5. The first-order valence-electron chi connectivity index (χ1n) is 4.83. The van der Waals surface area contributed by atoms with Crippen molar-refractivity contribution in [1.82, 2.24) is 4.98 Å². The van der Waals surface area contributed by atoms with E-state index in [4.69, 9.17) is 11.6 Å². The summed E-state index contributed by atoms with van der Waals surface area (Å²) >= 11 is 8.08. The zero-order valence-electron chi connectivity index (χ0n) is 8.48. The van der Waals surface area contributed by atoms with Crippen LogP contribution in [0, 0.1) is 6.92 Å². The first-order valence-corrected chi connectivity index (χ1v) is 6.21. The van der Waals surface area contributed by atoms with E-state index in [1.54, 1.807) is 23.7 Å². The van der Waals surface area contributed by atoms with Gasteiger partial charge in [0.15, 0.2) is 0 Å². The molecule has 1 nitrogen and oxygen atoms in total. The highest BCUT2D eigenvalue weighted by Gasteiger charge is 2.11. The number of halogens is 1. The second kappa shape index (κ2) is 4.77. The normalized spacial score (nSPS) is 12.7. The van der Waals surface area contributed by atoms with E-state index in [0.717, 1.165) is 6.42 Å². The Hall–Kier alpha value is -0.860. The minimum absolute atomic E-state index is 0.0682. The molecule has 0 aliphatic carbocycles. The lowest BCUT2D eigenvalue weighted by Crippen LogP contribution is -1.96. The number of pyridine rings is 1. The molecule has 3 heteroatoms. The molecule has 0 saturated carbocycles. The highest BCUT2D eigenvalue weighted by Crippen LogP contribution is 2.29. The fourth-order valence-electron chi connectivity index (χ4n) is 1.53. The van der Waals surface area contributed by atoms with Crippen molar-refractivity contribution in [1.29, 1.82) is 0 Å². The van der Waals surface area contributed by atoms with Crippen LogP contribution in [0.4, 0.5) is 0 Å². The summed E-state index contributed by atoms with van der Waals surface area (Å²) in [4.78, 5) is 3.99. The molecule has 0 N–H and O–H groups in total. The van der Waals surface area contributed by atoms with Crippen LogP contribution >= 0.6 is 22.9 Å². The van der Waals surface area contributed by atoms with Crippen molar-refractivity contribution in [2.24, 2.45) is 0 Å². The van der Waals surface area contributed by atoms with Gasteiger partial charge in [-0.3, -0.25) is 4.98 Å². The first kappa shape index (κ1) is 10.7. The van der Waals surface area contributed by atoms with E-state index in [9.17, 15) is 0 Å². The Morgan fingerprint density at radius 2 is 2.07 bits per heavy atom. The van der Waals surface area contributed by atoms with Crippen LogP contribution in [0.1, 0.15) is 22.1 Å². The lowest BCUT2D eigenvalue weighted by atomic mass is 10.0. The van der Waals surface area contributed by atoms with Gasteiger partial charge in [-0.15, -0.1) is 11.6 Å². The average molecular weight is 238 g/mol. The summed E-state index contributed by atoms with van der Waals surface area (Å²) in [6.45, 7) is 2.10. The van der Waals surface area contributed by atoms with Gasteiger partial charge in [0.05, 0.1) is 5.38 Å². The number of nitrogens with zero attached hydrogens (tertiary/aromatic N) is 1. The molecule has 78 valence electrons. The quantitative estimate of drug-likeness (QED) is 0.736. The third kappa shape index (κ3) is 2.58. The molecule has 0 bridgehead atoms. The molecule has 1 unspecified atom stereocenters. The Bertz CT molecular complexity index is 424. The van der Waals surface area contributed by atoms with Crippen molar-refractivity contribution < 1.29 is 0 Å². The molecular formula is C12H12ClNS. The minimum Gasteiger partial charge on any atom is -0.265 e. The van der Waals surface area contributed by atoms with Crippen LogP contribution in [-0.4, -0.2) is 4.98 Å². The number of rotatable bonds is 3. The molecule has 2 heterocycles. The number of aryl methyl sites for hydroxylation is 1. The number of aromatic nitrogens is 1. The van der Waals surface area contributed by atoms with Gasteiger partial charge in [-0.2, -0.15) is 11.3 Å². The van der Waals surface area contributed by atoms with E-state index < -0.39 is 0 Å². The first-order chi connectivity index (χ1) is 7.27. The molecule has 0 saturated heterocycles. The number of alkyl halides is 1. The van der Waals surface area contributed by atoms with Crippen LogP contribution in [0.3, 0.4) is 0 Å². The SMILES string of the molecule is Cc1cscc1C(Cl)Cc1ccncc1. The minimum atomic E-state index is 0.0682. The summed E-state index contributed by atoms with van der Waals surface area (Å²) in [5, 5.41) is 4.34. The standard InChI is InChI=1S/C12H12ClNS/c1-9-7-15-8-11(9)12(13)6-10-2-4-14-5-3-10/h2-5,7-8,12H,6H2,1H3. The number of thiophene rings is 1. The van der Waals surface area contributed by atoms with E-state index in [2.05, 4.69) is 22.7 Å². The fraction of sp³-hybridized carbons (Fsp3) is 0.250. The lowest BCUT2D eigenvalue weighted by Gasteiger charge is -2.08. The summed E-state index contributed by atoms with van der Waals surface area (Å²) in [5.41, 5.74) is 3.77. The van der Waals surface area contributed by atoms with E-state index >= 15 is 0 Å². The van der Waals surface area contributed by atoms with Crippen LogP contribution in [0.25, 0.3) is 0 Å². The summed E-state index contributed by atoms with van der Waals surface area (Å²) in [6.07, 6.45) is 4.47. The number of hydrogen-bond donors (Lipinski definition) is 0. The lowest BCUT2D eigenvalue weighted by molar-refractivity contribution is 0.913. The summed E-state index contributed by atoms with van der Waals surface area (Å²) in [5.74, 6) is 0. The summed E-state index contributed by atoms with van der Waals surface area (Å²) in [7, 11) is 0. The molecule has 0 spiro atoms. The van der Waals surface area contributed by atoms with Crippen LogP contribution in [0.5, 0.6) is 0 Å². The smallest absolute Gasteiger partial charge is 0.0636 e. The molecule has 1 atom stereocenters. The third-order valence-electron chi connectivity index (χ3n) is 2.40. The van der Waals surface area contributed by atoms with Gasteiger partial charge in [0.1, 0.15) is 0 Å². The second-order valence-corrected chi connectivity index (χ2v) is 4.81. The molecule has 2 rings (SSSR count). The molecule has 2 aromatic heterocycles. The number of hydrogen-bond acceptors (Lipinski definition) is 2. The summed E-state index contributed by atoms with van der Waals surface area (Å²) in [6, 6.07) is 4.02. The van der Waals surface area contributed by atoms with Crippen molar-refractivity contribution in [3.8, 4) is 0 Å². The van der Waals surface area contributed by atoms with Crippen molar-refractivity contribution in [3.63, 3.8) is 0 Å². The van der Waals surface area contributed by atoms with Gasteiger partial charge < -0.3 is 0 Å². The van der Waals surface area contributed by atoms with Crippen molar-refractivity contribution in [2.45, 2.75) is 18.7 Å². The van der Waals surface area contributed by atoms with Crippen LogP contribution in [0.2, 0.25) is 0 Å². The maximum atomic E-state index is 6.37. The zero-order chi connectivity index (χ0) is 10.7. The van der Waals surface area contributed by atoms with Gasteiger partial charge in [-0.25, -0.2) is 0 Å². The highest BCUT2D eigenvalue weighted by molar-refractivity contribution is 7.08. The molecule has 0 amide bonds. The Morgan fingerprint density at radius 1 is 1.33 bits per heavy atom. The van der Waals surface area contributed by atoms with Gasteiger partial charge in [-0.05, 0) is 52.9 Å². The summed E-state index contributed by atoms with van der Waals surface area (Å²) < 4.78 is 0. The van der Waals surface area contributed by atoms with Gasteiger partial charge in [0.25, 0.3) is 0 Å². The molecular weight excluding hydrogens is 226 g/mol. The van der Waals surface area contributed by atoms with Crippen LogP contribution in [-0.2, 0) is 6.42 Å². The van der Waals surface area contributed by atoms with E-state index in [0.29, 0.717) is 0 Å². The van der Waals surface area contributed by atoms with Gasteiger partial charge in [-0.1, -0.05) is 0 Å². The monoisotopic (exact) mass is 237 g/mol. The van der Waals surface area contributed by atoms with Crippen molar-refractivity contribution in [3.05, 3.63) is 52.0 Å². The Morgan fingerprint density at radius 3 is 2.67 bits per heavy atom. The molecule has 0 fully saturated rings. The van der Waals surface area contributed by atoms with Crippen LogP contribution < -0.4 is 0 Å². The average Bonchev–Trinajstić information content (AvgIpc) is 2.66. The van der Waals surface area contributed by atoms with Crippen molar-refractivity contribution in [2.75, 3.05) is 0 Å². The van der Waals surface area contributed by atoms with E-state index in [-0.39, 0.29) is 5.38 Å². The third-order valence-corrected chi connectivity index (χ3v) is 3.67. The largest absolute Gasteiger partial charge is 0.265 e. The molecule has 15 heavy (non-hydrogen) atoms. The van der Waals surface area contributed by atoms with Gasteiger partial charge >= 0.3 is 0 Å². The Kier molecular flexibility index (Phi) is 3.39. The van der Waals surface area contributed by atoms with E-state index in [1.807, 2.05) is 12.1 Å². The fourth-order valence-corrected chi connectivity index (χ4v) is 2.92. The molecule has 2 aromatic rings. The van der Waals surface area contributed by atoms with Gasteiger partial charge in [0, 0.05) is 12.4 Å². The Labute approximate surface area is 98.7 Å². The predicted octanol–water partition coefficient (Wildman–Crippen LogP) is 3.97. The second-order valence-electron chi connectivity index (χ2n) is 3.54. The van der Waals surface area contributed by atoms with Crippen molar-refractivity contribution >= 4 is 22.9 Å². The maximum Gasteiger partial charge on any atom is 0.0636 e. The topological polar surface area (TPSA) is 12.9 Å². The molecule has 0 aromatic carbocycles. The Balaban J connectivity index is 2.11. The zero-order valence-corrected chi connectivity index (χ0v) is 10.1.